The van der Waals surface area contributed by atoms with E-state index in [1.165, 1.54) is 0 Å². The van der Waals surface area contributed by atoms with Gasteiger partial charge in [-0.2, -0.15) is 0 Å². The van der Waals surface area contributed by atoms with Crippen molar-refractivity contribution in [1.29, 1.82) is 0 Å². The molecule has 2 aliphatic heterocycles. The Labute approximate surface area is 226 Å². The SMILES string of the molecule is COCCCCC(O)(c1ccccc1Oc1ccccc1C)C1CCCN(C(=O)N2CCC(N)(CO)C2)C1. The van der Waals surface area contributed by atoms with E-state index in [2.05, 4.69) is 0 Å². The van der Waals surface area contributed by atoms with E-state index in [9.17, 15) is 15.0 Å². The van der Waals surface area contributed by atoms with E-state index in [1.807, 2.05) is 60.4 Å². The molecule has 208 valence electrons. The van der Waals surface area contributed by atoms with Gasteiger partial charge in [-0.05, 0) is 63.1 Å². The minimum atomic E-state index is -1.18. The number of aryl methyl sites for hydroxylation is 1. The number of nitrogens with zero attached hydrogens (tertiary/aromatic N) is 2. The van der Waals surface area contributed by atoms with E-state index < -0.39 is 11.1 Å². The molecule has 0 radical (unpaired) electrons. The van der Waals surface area contributed by atoms with Crippen molar-refractivity contribution in [3.63, 3.8) is 0 Å². The lowest BCUT2D eigenvalue weighted by Crippen LogP contribution is -2.53. The molecule has 0 spiro atoms. The maximum absolute atomic E-state index is 13.4. The zero-order chi connectivity index (χ0) is 27.2. The van der Waals surface area contributed by atoms with Gasteiger partial charge in [-0.1, -0.05) is 36.4 Å². The third-order valence-electron chi connectivity index (χ3n) is 8.16. The molecule has 0 saturated carbocycles. The van der Waals surface area contributed by atoms with Crippen LogP contribution < -0.4 is 10.5 Å². The second kappa shape index (κ2) is 12.5. The van der Waals surface area contributed by atoms with Crippen LogP contribution in [0.1, 0.15) is 49.7 Å². The van der Waals surface area contributed by atoms with Crippen LogP contribution in [0, 0.1) is 12.8 Å². The molecule has 2 heterocycles. The van der Waals surface area contributed by atoms with Gasteiger partial charge in [-0.25, -0.2) is 4.79 Å². The lowest BCUT2D eigenvalue weighted by atomic mass is 9.73. The molecule has 4 rings (SSSR count). The number of rotatable bonds is 10. The number of ether oxygens (including phenoxy) is 2. The Balaban J connectivity index is 1.60. The highest BCUT2D eigenvalue weighted by atomic mass is 16.5. The summed E-state index contributed by atoms with van der Waals surface area (Å²) >= 11 is 0. The van der Waals surface area contributed by atoms with Crippen molar-refractivity contribution in [3.8, 4) is 11.5 Å². The van der Waals surface area contributed by atoms with E-state index in [0.29, 0.717) is 51.4 Å². The first-order chi connectivity index (χ1) is 18.3. The number of piperidine rings is 1. The second-order valence-electron chi connectivity index (χ2n) is 11.0. The fourth-order valence-corrected chi connectivity index (χ4v) is 5.83. The van der Waals surface area contributed by atoms with Crippen LogP contribution in [0.5, 0.6) is 11.5 Å². The molecule has 2 aromatic carbocycles. The second-order valence-corrected chi connectivity index (χ2v) is 11.0. The predicted molar refractivity (Wildman–Crippen MR) is 147 cm³/mol. The molecule has 0 bridgehead atoms. The third-order valence-corrected chi connectivity index (χ3v) is 8.16. The molecular weight excluding hydrogens is 482 g/mol. The van der Waals surface area contributed by atoms with Gasteiger partial charge in [0.15, 0.2) is 0 Å². The van der Waals surface area contributed by atoms with Gasteiger partial charge in [0.1, 0.15) is 11.5 Å². The summed E-state index contributed by atoms with van der Waals surface area (Å²) in [5.74, 6) is 1.23. The molecule has 3 atom stereocenters. The van der Waals surface area contributed by atoms with Crippen molar-refractivity contribution < 1.29 is 24.5 Å². The molecule has 4 N–H and O–H groups in total. The number of urea groups is 1. The number of benzene rings is 2. The third kappa shape index (κ3) is 6.31. The van der Waals surface area contributed by atoms with Gasteiger partial charge in [0.05, 0.1) is 17.7 Å². The average Bonchev–Trinajstić information content (AvgIpc) is 3.35. The topological polar surface area (TPSA) is 108 Å². The fraction of sp³-hybridized carbons (Fsp3) is 0.567. The number of carbonyl (C=O) groups excluding carboxylic acids is 1. The number of aliphatic hydroxyl groups is 2. The Kier molecular flexibility index (Phi) is 9.31. The van der Waals surface area contributed by atoms with Crippen molar-refractivity contribution in [3.05, 3.63) is 59.7 Å². The number of methoxy groups -OCH3 is 1. The summed E-state index contributed by atoms with van der Waals surface area (Å²) < 4.78 is 11.6. The Bertz CT molecular complexity index is 1080. The number of amides is 2. The van der Waals surface area contributed by atoms with Crippen LogP contribution in [0.4, 0.5) is 4.79 Å². The van der Waals surface area contributed by atoms with Crippen LogP contribution in [0.3, 0.4) is 0 Å². The number of unbranched alkanes of at least 4 members (excludes halogenated alkanes) is 1. The van der Waals surface area contributed by atoms with E-state index >= 15 is 0 Å². The van der Waals surface area contributed by atoms with Crippen molar-refractivity contribution in [2.75, 3.05) is 46.5 Å². The van der Waals surface area contributed by atoms with Gasteiger partial charge < -0.3 is 35.2 Å². The van der Waals surface area contributed by atoms with Gasteiger partial charge in [0, 0.05) is 51.4 Å². The Morgan fingerprint density at radius 3 is 2.55 bits per heavy atom. The van der Waals surface area contributed by atoms with Gasteiger partial charge >= 0.3 is 6.03 Å². The number of aliphatic hydroxyl groups excluding tert-OH is 1. The number of hydrogen-bond donors (Lipinski definition) is 3. The molecule has 8 nitrogen and oxygen atoms in total. The van der Waals surface area contributed by atoms with Crippen LogP contribution in [0.25, 0.3) is 0 Å². The summed E-state index contributed by atoms with van der Waals surface area (Å²) in [6.45, 7) is 4.47. The molecule has 38 heavy (non-hydrogen) atoms. The highest BCUT2D eigenvalue weighted by Crippen LogP contribution is 2.44. The minimum absolute atomic E-state index is 0.0679. The Hall–Kier alpha value is -2.65. The fourth-order valence-electron chi connectivity index (χ4n) is 5.83. The highest BCUT2D eigenvalue weighted by Gasteiger charge is 2.44. The number of likely N-dealkylation sites (tertiary alicyclic amines) is 2. The summed E-state index contributed by atoms with van der Waals surface area (Å²) in [5.41, 5.74) is 6.08. The average molecular weight is 526 g/mol. The first-order valence-corrected chi connectivity index (χ1v) is 13.8. The first-order valence-electron chi connectivity index (χ1n) is 13.8. The van der Waals surface area contributed by atoms with Crippen LogP contribution in [-0.4, -0.2) is 78.1 Å². The van der Waals surface area contributed by atoms with Gasteiger partial charge in [-0.3, -0.25) is 0 Å². The predicted octanol–water partition coefficient (Wildman–Crippen LogP) is 4.02. The molecule has 2 fully saturated rings. The standard InChI is InChI=1S/C30H43N3O5/c1-23-10-3-5-13-26(23)38-27-14-6-4-12-25(27)30(36,15-7-8-19-37-2)24-11-9-17-32(20-24)28(35)33-18-16-29(31,21-33)22-34/h3-6,10,12-14,24,34,36H,7-9,11,15-22,31H2,1-2H3. The molecule has 0 aliphatic carbocycles. The summed E-state index contributed by atoms with van der Waals surface area (Å²) in [4.78, 5) is 17.0. The molecule has 2 amide bonds. The van der Waals surface area contributed by atoms with Crippen LogP contribution in [-0.2, 0) is 10.3 Å². The molecule has 2 saturated heterocycles. The molecule has 3 unspecified atom stereocenters. The Morgan fingerprint density at radius 1 is 1.11 bits per heavy atom. The van der Waals surface area contributed by atoms with Gasteiger partial charge in [0.25, 0.3) is 0 Å². The molecular formula is C30H43N3O5. The van der Waals surface area contributed by atoms with Crippen molar-refractivity contribution in [1.82, 2.24) is 9.80 Å². The van der Waals surface area contributed by atoms with Crippen molar-refractivity contribution >= 4 is 6.03 Å². The summed E-state index contributed by atoms with van der Waals surface area (Å²) in [6.07, 6.45) is 4.35. The highest BCUT2D eigenvalue weighted by molar-refractivity contribution is 5.75. The summed E-state index contributed by atoms with van der Waals surface area (Å²) in [6, 6.07) is 15.5. The minimum Gasteiger partial charge on any atom is -0.457 e. The number of carbonyl (C=O) groups is 1. The monoisotopic (exact) mass is 525 g/mol. The van der Waals surface area contributed by atoms with E-state index in [0.717, 1.165) is 42.6 Å². The molecule has 0 aromatic heterocycles. The maximum Gasteiger partial charge on any atom is 0.320 e. The summed E-state index contributed by atoms with van der Waals surface area (Å²) in [7, 11) is 1.69. The van der Waals surface area contributed by atoms with Crippen molar-refractivity contribution in [2.45, 2.75) is 56.6 Å². The smallest absolute Gasteiger partial charge is 0.320 e. The van der Waals surface area contributed by atoms with E-state index in [4.69, 9.17) is 15.2 Å². The number of para-hydroxylation sites is 2. The quantitative estimate of drug-likeness (QED) is 0.405. The van der Waals surface area contributed by atoms with Gasteiger partial charge in [-0.15, -0.1) is 0 Å². The van der Waals surface area contributed by atoms with Crippen LogP contribution in [0.2, 0.25) is 0 Å². The van der Waals surface area contributed by atoms with Crippen LogP contribution in [0.15, 0.2) is 48.5 Å². The zero-order valence-corrected chi connectivity index (χ0v) is 22.8. The zero-order valence-electron chi connectivity index (χ0n) is 22.8. The molecule has 2 aromatic rings. The number of nitrogens with two attached hydrogens (primary N) is 1. The molecule has 2 aliphatic rings. The summed E-state index contributed by atoms with van der Waals surface area (Å²) in [5, 5.41) is 22.1. The largest absolute Gasteiger partial charge is 0.457 e. The Morgan fingerprint density at radius 2 is 1.84 bits per heavy atom. The number of hydrogen-bond acceptors (Lipinski definition) is 6. The van der Waals surface area contributed by atoms with Crippen LogP contribution >= 0.6 is 0 Å². The lowest BCUT2D eigenvalue weighted by molar-refractivity contribution is -0.0587. The normalized spacial score (nSPS) is 23.3. The van der Waals surface area contributed by atoms with Gasteiger partial charge in [0.2, 0.25) is 0 Å². The lowest BCUT2D eigenvalue weighted by Gasteiger charge is -2.44. The molecule has 8 heteroatoms. The maximum atomic E-state index is 13.4. The van der Waals surface area contributed by atoms with E-state index in [1.54, 1.807) is 12.0 Å². The van der Waals surface area contributed by atoms with E-state index in [-0.39, 0.29) is 18.6 Å². The van der Waals surface area contributed by atoms with Crippen molar-refractivity contribution in [2.24, 2.45) is 11.7 Å². The first kappa shape index (κ1) is 28.4.